The zero-order chi connectivity index (χ0) is 14.5. The van der Waals surface area contributed by atoms with E-state index in [9.17, 15) is 4.79 Å². The maximum absolute atomic E-state index is 12.2. The van der Waals surface area contributed by atoms with Gasteiger partial charge in [-0.05, 0) is 53.4 Å². The maximum Gasteiger partial charge on any atom is 0.327 e. The maximum atomic E-state index is 12.2. The zero-order valence-corrected chi connectivity index (χ0v) is 13.8. The van der Waals surface area contributed by atoms with Crippen LogP contribution in [0.2, 0.25) is 5.02 Å². The van der Waals surface area contributed by atoms with Crippen molar-refractivity contribution in [2.45, 2.75) is 44.7 Å². The van der Waals surface area contributed by atoms with Crippen LogP contribution >= 0.6 is 27.5 Å². The lowest BCUT2D eigenvalue weighted by Crippen LogP contribution is -2.36. The highest BCUT2D eigenvalue weighted by Gasteiger charge is 2.27. The summed E-state index contributed by atoms with van der Waals surface area (Å²) in [4.78, 5) is 12.2. The van der Waals surface area contributed by atoms with Crippen LogP contribution in [0.3, 0.4) is 0 Å². The highest BCUT2D eigenvalue weighted by molar-refractivity contribution is 9.10. The van der Waals surface area contributed by atoms with Crippen molar-refractivity contribution in [2.75, 3.05) is 6.61 Å². The molecule has 1 aromatic rings. The van der Waals surface area contributed by atoms with Gasteiger partial charge in [0.25, 0.3) is 0 Å². The molecule has 1 saturated carbocycles. The summed E-state index contributed by atoms with van der Waals surface area (Å²) in [5.41, 5.74) is 0.851. The van der Waals surface area contributed by atoms with E-state index in [1.165, 1.54) is 12.8 Å². The van der Waals surface area contributed by atoms with Crippen LogP contribution in [0.25, 0.3) is 0 Å². The number of rotatable bonds is 5. The van der Waals surface area contributed by atoms with Gasteiger partial charge in [-0.1, -0.05) is 30.5 Å². The molecule has 1 aromatic carbocycles. The number of esters is 1. The average Bonchev–Trinajstić information content (AvgIpc) is 2.92. The molecule has 2 rings (SSSR count). The second kappa shape index (κ2) is 7.43. The van der Waals surface area contributed by atoms with E-state index in [4.69, 9.17) is 16.3 Å². The molecule has 1 N–H and O–H groups in total. The average molecular weight is 361 g/mol. The Bertz CT molecular complexity index is 475. The molecule has 20 heavy (non-hydrogen) atoms. The number of nitrogens with one attached hydrogen (secondary N) is 1. The van der Waals surface area contributed by atoms with E-state index < -0.39 is 6.04 Å². The second-order valence-corrected chi connectivity index (χ2v) is 6.27. The Morgan fingerprint density at radius 1 is 1.50 bits per heavy atom. The number of hydrogen-bond donors (Lipinski definition) is 1. The predicted molar refractivity (Wildman–Crippen MR) is 83.9 cm³/mol. The van der Waals surface area contributed by atoms with E-state index in [0.717, 1.165) is 22.9 Å². The van der Waals surface area contributed by atoms with Crippen molar-refractivity contribution in [1.82, 2.24) is 5.32 Å². The molecule has 0 aliphatic heterocycles. The molecule has 0 spiro atoms. The summed E-state index contributed by atoms with van der Waals surface area (Å²) in [5, 5.41) is 4.02. The molecule has 0 heterocycles. The van der Waals surface area contributed by atoms with Crippen molar-refractivity contribution >= 4 is 33.5 Å². The molecule has 0 aromatic heterocycles. The van der Waals surface area contributed by atoms with E-state index in [1.807, 2.05) is 25.1 Å². The number of carbonyl (C=O) groups excluding carboxylic acids is 1. The molecule has 0 saturated heterocycles. The Hall–Kier alpha value is -0.580. The van der Waals surface area contributed by atoms with Gasteiger partial charge in [0, 0.05) is 10.5 Å². The van der Waals surface area contributed by atoms with Gasteiger partial charge in [-0.2, -0.15) is 0 Å². The van der Waals surface area contributed by atoms with Crippen molar-refractivity contribution in [3.8, 4) is 0 Å². The Morgan fingerprint density at radius 3 is 2.80 bits per heavy atom. The third-order valence-corrected chi connectivity index (χ3v) is 4.79. The largest absolute Gasteiger partial charge is 0.465 e. The van der Waals surface area contributed by atoms with E-state index >= 15 is 0 Å². The smallest absolute Gasteiger partial charge is 0.327 e. The number of ether oxygens (including phenoxy) is 1. The number of halogens is 2. The fourth-order valence-corrected chi connectivity index (χ4v) is 2.98. The van der Waals surface area contributed by atoms with Gasteiger partial charge in [-0.15, -0.1) is 0 Å². The molecule has 1 atom stereocenters. The van der Waals surface area contributed by atoms with Gasteiger partial charge in [0.1, 0.15) is 6.04 Å². The summed E-state index contributed by atoms with van der Waals surface area (Å²) < 4.78 is 6.01. The van der Waals surface area contributed by atoms with Gasteiger partial charge in [0.15, 0.2) is 0 Å². The molecular formula is C15H19BrClNO2. The molecule has 110 valence electrons. The molecule has 1 aliphatic carbocycles. The normalized spacial score (nSPS) is 17.1. The van der Waals surface area contributed by atoms with E-state index in [0.29, 0.717) is 17.7 Å². The van der Waals surface area contributed by atoms with Crippen molar-refractivity contribution < 1.29 is 9.53 Å². The zero-order valence-electron chi connectivity index (χ0n) is 11.5. The van der Waals surface area contributed by atoms with E-state index in [-0.39, 0.29) is 5.97 Å². The first kappa shape index (κ1) is 15.8. The van der Waals surface area contributed by atoms with Crippen LogP contribution in [0, 0.1) is 0 Å². The standard InChI is InChI=1S/C15H19BrClNO2/c1-2-20-15(19)14(18-11-5-3-4-6-11)10-7-8-12(16)13(17)9-10/h7-9,11,14,18H,2-6H2,1H3. The van der Waals surface area contributed by atoms with E-state index in [2.05, 4.69) is 21.2 Å². The summed E-state index contributed by atoms with van der Waals surface area (Å²) in [6.07, 6.45) is 4.66. The van der Waals surface area contributed by atoms with Crippen LogP contribution in [-0.4, -0.2) is 18.6 Å². The number of carbonyl (C=O) groups is 1. The quantitative estimate of drug-likeness (QED) is 0.798. The molecule has 1 aliphatic rings. The number of hydrogen-bond acceptors (Lipinski definition) is 3. The monoisotopic (exact) mass is 359 g/mol. The van der Waals surface area contributed by atoms with Crippen LogP contribution in [-0.2, 0) is 9.53 Å². The number of benzene rings is 1. The topological polar surface area (TPSA) is 38.3 Å². The molecular weight excluding hydrogens is 342 g/mol. The lowest BCUT2D eigenvalue weighted by Gasteiger charge is -2.22. The molecule has 0 bridgehead atoms. The molecule has 1 fully saturated rings. The van der Waals surface area contributed by atoms with Gasteiger partial charge < -0.3 is 4.74 Å². The highest BCUT2D eigenvalue weighted by Crippen LogP contribution is 2.28. The third kappa shape index (κ3) is 3.96. The minimum atomic E-state index is -0.441. The Kier molecular flexibility index (Phi) is 5.87. The van der Waals surface area contributed by atoms with Gasteiger partial charge >= 0.3 is 5.97 Å². The van der Waals surface area contributed by atoms with Crippen molar-refractivity contribution in [2.24, 2.45) is 0 Å². The summed E-state index contributed by atoms with van der Waals surface area (Å²) in [7, 11) is 0. The Balaban J connectivity index is 2.19. The fourth-order valence-electron chi connectivity index (χ4n) is 2.55. The molecule has 0 radical (unpaired) electrons. The Morgan fingerprint density at radius 2 is 2.20 bits per heavy atom. The van der Waals surface area contributed by atoms with Crippen LogP contribution in [0.4, 0.5) is 0 Å². The predicted octanol–water partition coefficient (Wildman–Crippen LogP) is 4.24. The first-order valence-electron chi connectivity index (χ1n) is 6.99. The third-order valence-electron chi connectivity index (χ3n) is 3.56. The minimum absolute atomic E-state index is 0.238. The van der Waals surface area contributed by atoms with E-state index in [1.54, 1.807) is 0 Å². The lowest BCUT2D eigenvalue weighted by molar-refractivity contribution is -0.146. The Labute approximate surface area is 133 Å². The van der Waals surface area contributed by atoms with Crippen molar-refractivity contribution in [1.29, 1.82) is 0 Å². The summed E-state index contributed by atoms with van der Waals surface area (Å²) in [5.74, 6) is -0.238. The second-order valence-electron chi connectivity index (χ2n) is 5.01. The first-order chi connectivity index (χ1) is 9.61. The summed E-state index contributed by atoms with van der Waals surface area (Å²) in [6, 6.07) is 5.52. The highest BCUT2D eigenvalue weighted by atomic mass is 79.9. The van der Waals surface area contributed by atoms with Gasteiger partial charge in [0.2, 0.25) is 0 Å². The lowest BCUT2D eigenvalue weighted by atomic mass is 10.1. The SMILES string of the molecule is CCOC(=O)C(NC1CCCC1)c1ccc(Br)c(Cl)c1. The van der Waals surface area contributed by atoms with Crippen LogP contribution < -0.4 is 5.32 Å². The van der Waals surface area contributed by atoms with Crippen LogP contribution in [0.5, 0.6) is 0 Å². The van der Waals surface area contributed by atoms with Crippen LogP contribution in [0.15, 0.2) is 22.7 Å². The molecule has 0 amide bonds. The minimum Gasteiger partial charge on any atom is -0.465 e. The summed E-state index contributed by atoms with van der Waals surface area (Å²) >= 11 is 9.50. The first-order valence-corrected chi connectivity index (χ1v) is 8.16. The fraction of sp³-hybridized carbons (Fsp3) is 0.533. The van der Waals surface area contributed by atoms with Crippen molar-refractivity contribution in [3.63, 3.8) is 0 Å². The summed E-state index contributed by atoms with van der Waals surface area (Å²) in [6.45, 7) is 2.20. The van der Waals surface area contributed by atoms with Gasteiger partial charge in [-0.25, -0.2) is 4.79 Å². The molecule has 5 heteroatoms. The molecule has 3 nitrogen and oxygen atoms in total. The van der Waals surface area contributed by atoms with Gasteiger partial charge in [-0.3, -0.25) is 5.32 Å². The van der Waals surface area contributed by atoms with Gasteiger partial charge in [0.05, 0.1) is 11.6 Å². The van der Waals surface area contributed by atoms with Crippen molar-refractivity contribution in [3.05, 3.63) is 33.3 Å². The van der Waals surface area contributed by atoms with Crippen LogP contribution in [0.1, 0.15) is 44.2 Å². The molecule has 1 unspecified atom stereocenters.